The van der Waals surface area contributed by atoms with Crippen molar-refractivity contribution in [2.75, 3.05) is 13.2 Å². The van der Waals surface area contributed by atoms with Gasteiger partial charge in [-0.05, 0) is 93.7 Å². The molecule has 0 amide bonds. The monoisotopic (exact) mass is 500 g/mol. The average Bonchev–Trinajstić information content (AvgIpc) is 3.10. The van der Waals surface area contributed by atoms with Gasteiger partial charge in [0.15, 0.2) is 0 Å². The van der Waals surface area contributed by atoms with E-state index < -0.39 is 0 Å². The van der Waals surface area contributed by atoms with Gasteiger partial charge in [-0.15, -0.1) is 0 Å². The van der Waals surface area contributed by atoms with Gasteiger partial charge in [-0.1, -0.05) is 42.5 Å². The van der Waals surface area contributed by atoms with Crippen LogP contribution in [0, 0.1) is 25.7 Å². The van der Waals surface area contributed by atoms with Crippen LogP contribution in [0.5, 0.6) is 0 Å². The maximum Gasteiger partial charge on any atom is 0.257 e. The molecule has 2 aliphatic carbocycles. The second-order valence-electron chi connectivity index (χ2n) is 11.2. The maximum atomic E-state index is 14.1. The highest BCUT2D eigenvalue weighted by Crippen LogP contribution is 2.34. The van der Waals surface area contributed by atoms with Crippen LogP contribution in [-0.2, 0) is 22.4 Å². The van der Waals surface area contributed by atoms with Gasteiger partial charge in [-0.3, -0.25) is 14.2 Å². The van der Waals surface area contributed by atoms with Crippen molar-refractivity contribution in [3.05, 3.63) is 86.6 Å². The molecular formula is C32H40N2O3. The number of aryl methyl sites for hydroxylation is 2. The van der Waals surface area contributed by atoms with Gasteiger partial charge >= 0.3 is 0 Å². The number of ether oxygens (including phenoxy) is 1. The molecule has 3 aliphatic rings. The van der Waals surface area contributed by atoms with Crippen LogP contribution in [0.3, 0.4) is 0 Å². The lowest BCUT2D eigenvalue weighted by molar-refractivity contribution is -0.121. The number of rotatable bonds is 7. The molecule has 2 aromatic rings. The number of carbonyl (C=O) groups excluding carboxylic acids is 1. The summed E-state index contributed by atoms with van der Waals surface area (Å²) in [5.74, 6) is 1.87. The van der Waals surface area contributed by atoms with E-state index in [1.165, 1.54) is 16.7 Å². The lowest BCUT2D eigenvalue weighted by atomic mass is 9.88. The Morgan fingerprint density at radius 3 is 2.62 bits per heavy atom. The molecule has 0 radical (unpaired) electrons. The van der Waals surface area contributed by atoms with Crippen molar-refractivity contribution in [2.24, 2.45) is 11.8 Å². The lowest BCUT2D eigenvalue weighted by Crippen LogP contribution is -2.34. The Labute approximate surface area is 220 Å². The fraction of sp³-hybridized carbons (Fsp3) is 0.531. The minimum Gasteiger partial charge on any atom is -0.381 e. The first-order valence-electron chi connectivity index (χ1n) is 14.1. The predicted octanol–water partition coefficient (Wildman–Crippen LogP) is 6.00. The number of fused-ring (bicyclic) bond motifs is 1. The van der Waals surface area contributed by atoms with Crippen LogP contribution in [0.1, 0.15) is 85.6 Å². The zero-order chi connectivity index (χ0) is 25.8. The van der Waals surface area contributed by atoms with E-state index in [4.69, 9.17) is 9.72 Å². The second kappa shape index (κ2) is 11.7. The molecule has 5 rings (SSSR count). The average molecular weight is 501 g/mol. The van der Waals surface area contributed by atoms with E-state index in [0.29, 0.717) is 24.5 Å². The molecule has 196 valence electrons. The maximum absolute atomic E-state index is 14.1. The largest absolute Gasteiger partial charge is 0.381 e. The van der Waals surface area contributed by atoms with Crippen LogP contribution < -0.4 is 5.56 Å². The topological polar surface area (TPSA) is 61.2 Å². The van der Waals surface area contributed by atoms with E-state index in [1.807, 2.05) is 11.5 Å². The second-order valence-corrected chi connectivity index (χ2v) is 11.2. The number of nitrogens with zero attached hydrogens (tertiary/aromatic N) is 2. The molecule has 2 heterocycles. The summed E-state index contributed by atoms with van der Waals surface area (Å²) in [5, 5.41) is 0. The van der Waals surface area contributed by atoms with Crippen molar-refractivity contribution >= 4 is 5.78 Å². The summed E-state index contributed by atoms with van der Waals surface area (Å²) in [6, 6.07) is 8.25. The van der Waals surface area contributed by atoms with E-state index in [-0.39, 0.29) is 17.5 Å². The molecule has 1 fully saturated rings. The van der Waals surface area contributed by atoms with Crippen molar-refractivity contribution in [1.29, 1.82) is 0 Å². The first kappa shape index (κ1) is 25.8. The molecule has 1 saturated heterocycles. The Hall–Kier alpha value is -2.79. The zero-order valence-corrected chi connectivity index (χ0v) is 22.4. The minimum absolute atomic E-state index is 0.0976. The highest BCUT2D eigenvalue weighted by molar-refractivity contribution is 5.79. The molecule has 0 saturated carbocycles. The van der Waals surface area contributed by atoms with Gasteiger partial charge in [0.1, 0.15) is 11.6 Å². The van der Waals surface area contributed by atoms with Crippen molar-refractivity contribution in [2.45, 2.75) is 84.1 Å². The Balaban J connectivity index is 1.44. The van der Waals surface area contributed by atoms with Crippen LogP contribution >= 0.6 is 0 Å². The fourth-order valence-corrected chi connectivity index (χ4v) is 6.50. The molecule has 2 atom stereocenters. The van der Waals surface area contributed by atoms with Crippen LogP contribution in [0.2, 0.25) is 0 Å². The molecule has 2 unspecified atom stereocenters. The Bertz CT molecular complexity index is 1250. The van der Waals surface area contributed by atoms with Crippen LogP contribution in [0.25, 0.3) is 0 Å². The van der Waals surface area contributed by atoms with E-state index in [2.05, 4.69) is 49.4 Å². The van der Waals surface area contributed by atoms with Gasteiger partial charge in [-0.2, -0.15) is 0 Å². The summed E-state index contributed by atoms with van der Waals surface area (Å²) in [7, 11) is 0. The number of hydrogen-bond donors (Lipinski definition) is 0. The zero-order valence-electron chi connectivity index (χ0n) is 22.4. The molecule has 1 aliphatic heterocycles. The number of benzene rings is 1. The highest BCUT2D eigenvalue weighted by atomic mass is 16.5. The molecule has 1 aromatic carbocycles. The molecule has 37 heavy (non-hydrogen) atoms. The standard InChI is InChI=1S/C32H40N2O3/c1-22-9-6-7-13-28(22)31(26-11-4-3-5-12-26)34-23(2)33-30-21-25(10-8-14-29(30)32(34)36)20-27(35)19-24-15-17-37-18-16-24/h3-4,6-7,9,11,13,24-25,31H,5,8,10,12,14-21H2,1-2H3. The quantitative estimate of drug-likeness (QED) is 0.438. The summed E-state index contributed by atoms with van der Waals surface area (Å²) in [6.07, 6.45) is 15.1. The van der Waals surface area contributed by atoms with Crippen molar-refractivity contribution < 1.29 is 9.53 Å². The number of hydrogen-bond acceptors (Lipinski definition) is 4. The molecule has 5 nitrogen and oxygen atoms in total. The number of aromatic nitrogens is 2. The van der Waals surface area contributed by atoms with Gasteiger partial charge in [0.2, 0.25) is 0 Å². The van der Waals surface area contributed by atoms with Crippen LogP contribution in [0.15, 0.2) is 52.9 Å². The van der Waals surface area contributed by atoms with Crippen molar-refractivity contribution in [1.82, 2.24) is 9.55 Å². The lowest BCUT2D eigenvalue weighted by Gasteiger charge is -2.28. The number of ketones is 1. The van der Waals surface area contributed by atoms with Gasteiger partial charge in [0.05, 0.1) is 11.7 Å². The molecule has 0 N–H and O–H groups in total. The fourth-order valence-electron chi connectivity index (χ4n) is 6.50. The van der Waals surface area contributed by atoms with Gasteiger partial charge < -0.3 is 4.74 Å². The summed E-state index contributed by atoms with van der Waals surface area (Å²) in [6.45, 7) is 5.66. The Morgan fingerprint density at radius 2 is 1.86 bits per heavy atom. The van der Waals surface area contributed by atoms with E-state index >= 15 is 0 Å². The summed E-state index contributed by atoms with van der Waals surface area (Å²) in [5.41, 5.74) is 5.49. The first-order valence-corrected chi connectivity index (χ1v) is 14.1. The molecule has 1 aromatic heterocycles. The van der Waals surface area contributed by atoms with Gasteiger partial charge in [0.25, 0.3) is 5.56 Å². The van der Waals surface area contributed by atoms with Gasteiger partial charge in [0, 0.05) is 31.6 Å². The van der Waals surface area contributed by atoms with E-state index in [9.17, 15) is 9.59 Å². The Kier molecular flexibility index (Phi) is 8.19. The smallest absolute Gasteiger partial charge is 0.257 e. The SMILES string of the molecule is Cc1ccccc1C(C1=CC=CCC1)n1c(C)nc2c(c1=O)CCCC(CC(=O)CC1CCOCC1)C2. The molecule has 0 bridgehead atoms. The third-order valence-electron chi connectivity index (χ3n) is 8.50. The minimum atomic E-state index is -0.142. The first-order chi connectivity index (χ1) is 18.0. The van der Waals surface area contributed by atoms with Crippen molar-refractivity contribution in [3.8, 4) is 0 Å². The number of allylic oxidation sites excluding steroid dienone is 4. The summed E-state index contributed by atoms with van der Waals surface area (Å²) < 4.78 is 7.40. The van der Waals surface area contributed by atoms with Gasteiger partial charge in [-0.25, -0.2) is 4.98 Å². The third-order valence-corrected chi connectivity index (χ3v) is 8.50. The normalized spacial score (nSPS) is 21.1. The van der Waals surface area contributed by atoms with E-state index in [0.717, 1.165) is 81.7 Å². The highest BCUT2D eigenvalue weighted by Gasteiger charge is 2.29. The van der Waals surface area contributed by atoms with Crippen LogP contribution in [-0.4, -0.2) is 28.5 Å². The van der Waals surface area contributed by atoms with E-state index in [1.54, 1.807) is 0 Å². The predicted molar refractivity (Wildman–Crippen MR) is 147 cm³/mol. The van der Waals surface area contributed by atoms with Crippen LogP contribution in [0.4, 0.5) is 0 Å². The third kappa shape index (κ3) is 5.87. The number of Topliss-reactive ketones (excluding diaryl/α,β-unsaturated/α-hetero) is 1. The van der Waals surface area contributed by atoms with Crippen molar-refractivity contribution in [3.63, 3.8) is 0 Å². The molecule has 0 spiro atoms. The number of carbonyl (C=O) groups is 1. The summed E-state index contributed by atoms with van der Waals surface area (Å²) >= 11 is 0. The Morgan fingerprint density at radius 1 is 1.08 bits per heavy atom. The molecular weight excluding hydrogens is 460 g/mol. The summed E-state index contributed by atoms with van der Waals surface area (Å²) in [4.78, 5) is 32.1. The molecule has 5 heteroatoms.